The van der Waals surface area contributed by atoms with E-state index in [1.807, 2.05) is 0 Å². The van der Waals surface area contributed by atoms with E-state index in [-0.39, 0.29) is 0 Å². The largest absolute Gasteiger partial charge is 0.300 e. The summed E-state index contributed by atoms with van der Waals surface area (Å²) in [5.74, 6) is 5.71. The van der Waals surface area contributed by atoms with E-state index in [1.165, 1.54) is 4.88 Å². The molecule has 1 aromatic heterocycles. The molecule has 0 saturated heterocycles. The number of aryl methyl sites for hydroxylation is 1. The van der Waals surface area contributed by atoms with Crippen molar-refractivity contribution in [2.45, 2.75) is 26.7 Å². The van der Waals surface area contributed by atoms with Crippen molar-refractivity contribution in [2.24, 2.45) is 5.84 Å². The number of hydrogen-bond acceptors (Lipinski definition) is 4. The van der Waals surface area contributed by atoms with Gasteiger partial charge < -0.3 is 0 Å². The SMILES string of the molecule is Cc1sc(NN)nc1C(C)C. The third kappa shape index (κ3) is 1.70. The minimum absolute atomic E-state index is 0.480. The fraction of sp³-hybridized carbons (Fsp3) is 0.571. The van der Waals surface area contributed by atoms with E-state index in [2.05, 4.69) is 31.2 Å². The Morgan fingerprint density at radius 3 is 2.45 bits per heavy atom. The number of nitrogens with zero attached hydrogens (tertiary/aromatic N) is 1. The van der Waals surface area contributed by atoms with Crippen molar-refractivity contribution in [2.75, 3.05) is 5.43 Å². The summed E-state index contributed by atoms with van der Waals surface area (Å²) in [5.41, 5.74) is 3.69. The van der Waals surface area contributed by atoms with Crippen LogP contribution in [0.25, 0.3) is 0 Å². The Morgan fingerprint density at radius 1 is 1.55 bits per heavy atom. The van der Waals surface area contributed by atoms with Crippen LogP contribution in [0, 0.1) is 6.92 Å². The molecule has 4 heteroatoms. The molecule has 3 N–H and O–H groups in total. The minimum atomic E-state index is 0.480. The first-order chi connectivity index (χ1) is 5.15. The van der Waals surface area contributed by atoms with E-state index in [4.69, 9.17) is 5.84 Å². The molecule has 0 amide bonds. The molecule has 11 heavy (non-hydrogen) atoms. The molecule has 0 aromatic carbocycles. The predicted molar refractivity (Wildman–Crippen MR) is 48.8 cm³/mol. The summed E-state index contributed by atoms with van der Waals surface area (Å²) in [6.07, 6.45) is 0. The van der Waals surface area contributed by atoms with E-state index in [1.54, 1.807) is 11.3 Å². The Hall–Kier alpha value is -0.610. The van der Waals surface area contributed by atoms with Crippen LogP contribution >= 0.6 is 11.3 Å². The van der Waals surface area contributed by atoms with Gasteiger partial charge in [-0.3, -0.25) is 5.43 Å². The van der Waals surface area contributed by atoms with Gasteiger partial charge >= 0.3 is 0 Å². The normalized spacial score (nSPS) is 10.6. The van der Waals surface area contributed by atoms with Gasteiger partial charge in [0.1, 0.15) is 0 Å². The highest BCUT2D eigenvalue weighted by Crippen LogP contribution is 2.26. The van der Waals surface area contributed by atoms with Crippen molar-refractivity contribution in [1.29, 1.82) is 0 Å². The smallest absolute Gasteiger partial charge is 0.197 e. The van der Waals surface area contributed by atoms with Crippen LogP contribution in [-0.2, 0) is 0 Å². The summed E-state index contributed by atoms with van der Waals surface area (Å²) in [7, 11) is 0. The second-order valence-corrected chi connectivity index (χ2v) is 3.96. The third-order valence-electron chi connectivity index (χ3n) is 1.50. The number of rotatable bonds is 2. The standard InChI is InChI=1S/C7H13N3S/c1-4(2)6-5(3)11-7(9-6)10-8/h4H,8H2,1-3H3,(H,9,10). The van der Waals surface area contributed by atoms with Crippen molar-refractivity contribution in [1.82, 2.24) is 4.98 Å². The molecule has 1 aromatic rings. The molecular weight excluding hydrogens is 158 g/mol. The molecule has 62 valence electrons. The first kappa shape index (κ1) is 8.49. The summed E-state index contributed by atoms with van der Waals surface area (Å²) >= 11 is 1.60. The van der Waals surface area contributed by atoms with Crippen molar-refractivity contribution < 1.29 is 0 Å². The maximum Gasteiger partial charge on any atom is 0.197 e. The molecule has 1 heterocycles. The number of hydrogen-bond donors (Lipinski definition) is 2. The van der Waals surface area contributed by atoms with Gasteiger partial charge in [-0.1, -0.05) is 13.8 Å². The van der Waals surface area contributed by atoms with Gasteiger partial charge in [0.2, 0.25) is 0 Å². The van der Waals surface area contributed by atoms with E-state index >= 15 is 0 Å². The van der Waals surface area contributed by atoms with Gasteiger partial charge in [-0.05, 0) is 12.8 Å². The van der Waals surface area contributed by atoms with Crippen LogP contribution in [0.3, 0.4) is 0 Å². The van der Waals surface area contributed by atoms with Gasteiger partial charge in [-0.15, -0.1) is 11.3 Å². The molecule has 0 saturated carbocycles. The average Bonchev–Trinajstić information content (AvgIpc) is 2.30. The molecule has 0 spiro atoms. The second-order valence-electron chi connectivity index (χ2n) is 2.76. The number of nitrogens with two attached hydrogens (primary N) is 1. The summed E-state index contributed by atoms with van der Waals surface area (Å²) in [6.45, 7) is 6.32. The summed E-state index contributed by atoms with van der Waals surface area (Å²) in [6, 6.07) is 0. The molecule has 0 aliphatic heterocycles. The molecule has 1 rings (SSSR count). The number of nitrogens with one attached hydrogen (secondary N) is 1. The number of anilines is 1. The monoisotopic (exact) mass is 171 g/mol. The van der Waals surface area contributed by atoms with Gasteiger partial charge in [0.25, 0.3) is 0 Å². The van der Waals surface area contributed by atoms with Gasteiger partial charge in [-0.25, -0.2) is 10.8 Å². The topological polar surface area (TPSA) is 50.9 Å². The van der Waals surface area contributed by atoms with Gasteiger partial charge in [0.05, 0.1) is 5.69 Å². The lowest BCUT2D eigenvalue weighted by atomic mass is 10.1. The summed E-state index contributed by atoms with van der Waals surface area (Å²) in [4.78, 5) is 5.55. The Morgan fingerprint density at radius 2 is 2.18 bits per heavy atom. The molecule has 0 unspecified atom stereocenters. The highest BCUT2D eigenvalue weighted by Gasteiger charge is 2.09. The number of aromatic nitrogens is 1. The quantitative estimate of drug-likeness (QED) is 0.527. The Labute approximate surface area is 70.6 Å². The van der Waals surface area contributed by atoms with Gasteiger partial charge in [0.15, 0.2) is 5.13 Å². The number of nitrogen functional groups attached to an aromatic ring is 1. The van der Waals surface area contributed by atoms with E-state index in [0.717, 1.165) is 10.8 Å². The molecule has 0 aliphatic carbocycles. The third-order valence-corrected chi connectivity index (χ3v) is 2.42. The summed E-state index contributed by atoms with van der Waals surface area (Å²) in [5, 5.41) is 0.797. The highest BCUT2D eigenvalue weighted by molar-refractivity contribution is 7.15. The zero-order valence-corrected chi connectivity index (χ0v) is 7.83. The summed E-state index contributed by atoms with van der Waals surface area (Å²) < 4.78 is 0. The van der Waals surface area contributed by atoms with E-state index < -0.39 is 0 Å². The van der Waals surface area contributed by atoms with Crippen LogP contribution in [0.4, 0.5) is 5.13 Å². The van der Waals surface area contributed by atoms with Crippen LogP contribution in [0.15, 0.2) is 0 Å². The molecule has 3 nitrogen and oxygen atoms in total. The first-order valence-electron chi connectivity index (χ1n) is 3.59. The van der Waals surface area contributed by atoms with Crippen molar-refractivity contribution in [3.63, 3.8) is 0 Å². The molecular formula is C7H13N3S. The Balaban J connectivity index is 2.97. The van der Waals surface area contributed by atoms with Gasteiger partial charge in [0, 0.05) is 4.88 Å². The number of hydrazine groups is 1. The second kappa shape index (κ2) is 3.19. The van der Waals surface area contributed by atoms with Crippen LogP contribution in [0.1, 0.15) is 30.3 Å². The molecule has 0 atom stereocenters. The van der Waals surface area contributed by atoms with E-state index in [9.17, 15) is 0 Å². The first-order valence-corrected chi connectivity index (χ1v) is 4.40. The Kier molecular flexibility index (Phi) is 2.46. The lowest BCUT2D eigenvalue weighted by molar-refractivity contribution is 0.825. The van der Waals surface area contributed by atoms with Crippen molar-refractivity contribution in [3.8, 4) is 0 Å². The molecule has 0 radical (unpaired) electrons. The van der Waals surface area contributed by atoms with Gasteiger partial charge in [-0.2, -0.15) is 0 Å². The highest BCUT2D eigenvalue weighted by atomic mass is 32.1. The van der Waals surface area contributed by atoms with Crippen molar-refractivity contribution in [3.05, 3.63) is 10.6 Å². The minimum Gasteiger partial charge on any atom is -0.300 e. The Bertz CT molecular complexity index is 242. The van der Waals surface area contributed by atoms with Crippen LogP contribution in [0.2, 0.25) is 0 Å². The molecule has 0 aliphatic rings. The fourth-order valence-electron chi connectivity index (χ4n) is 1.01. The lowest BCUT2D eigenvalue weighted by Gasteiger charge is -1.99. The zero-order valence-electron chi connectivity index (χ0n) is 7.01. The van der Waals surface area contributed by atoms with Crippen LogP contribution in [0.5, 0.6) is 0 Å². The average molecular weight is 171 g/mol. The maximum atomic E-state index is 5.23. The molecule has 0 fully saturated rings. The zero-order chi connectivity index (χ0) is 8.43. The van der Waals surface area contributed by atoms with E-state index in [0.29, 0.717) is 5.92 Å². The van der Waals surface area contributed by atoms with Crippen molar-refractivity contribution >= 4 is 16.5 Å². The maximum absolute atomic E-state index is 5.23. The predicted octanol–water partition coefficient (Wildman–Crippen LogP) is 1.86. The lowest BCUT2D eigenvalue weighted by Crippen LogP contribution is -2.06. The van der Waals surface area contributed by atoms with Crippen LogP contribution in [-0.4, -0.2) is 4.98 Å². The fourth-order valence-corrected chi connectivity index (χ4v) is 1.88. The van der Waals surface area contributed by atoms with Crippen LogP contribution < -0.4 is 11.3 Å². The number of thiazole rings is 1. The molecule has 0 bridgehead atoms.